The van der Waals surface area contributed by atoms with Gasteiger partial charge >= 0.3 is 12.2 Å². The van der Waals surface area contributed by atoms with Crippen molar-refractivity contribution in [2.75, 3.05) is 19.6 Å². The molecule has 2 saturated carbocycles. The predicted octanol–water partition coefficient (Wildman–Crippen LogP) is 2.23. The topological polar surface area (TPSA) is 201 Å². The fraction of sp³-hybridized carbons (Fsp3) is 0.579. The molecule has 6 rings (SSSR count). The average molecular weight is 801 g/mol. The molecule has 2 aliphatic carbocycles. The number of rotatable bonds is 6. The molecule has 3 aliphatic heterocycles. The molecule has 0 aromatic heterocycles. The summed E-state index contributed by atoms with van der Waals surface area (Å²) in [6.45, 7) is 8.05. The number of benzene rings is 1. The fourth-order valence-electron chi connectivity index (χ4n) is 7.37. The van der Waals surface area contributed by atoms with Crippen molar-refractivity contribution in [3.05, 3.63) is 60.0 Å². The molecule has 1 saturated heterocycles. The third-order valence-electron chi connectivity index (χ3n) is 10.5. The molecular formula is C38H49FN6O10S. The molecule has 6 amide bonds. The molecule has 0 spiro atoms. The summed E-state index contributed by atoms with van der Waals surface area (Å²) >= 11 is 0. The molecule has 6 atom stereocenters. The van der Waals surface area contributed by atoms with Crippen LogP contribution >= 0.6 is 0 Å². The van der Waals surface area contributed by atoms with Crippen LogP contribution in [0.2, 0.25) is 0 Å². The van der Waals surface area contributed by atoms with Gasteiger partial charge in [0.25, 0.3) is 5.91 Å². The molecule has 3 N–H and O–H groups in total. The van der Waals surface area contributed by atoms with E-state index in [0.29, 0.717) is 43.2 Å². The van der Waals surface area contributed by atoms with Gasteiger partial charge in [0.05, 0.1) is 24.9 Å². The van der Waals surface area contributed by atoms with Crippen LogP contribution in [-0.4, -0.2) is 114 Å². The molecule has 3 heterocycles. The highest BCUT2D eigenvalue weighted by Gasteiger charge is 2.50. The Kier molecular flexibility index (Phi) is 11.8. The van der Waals surface area contributed by atoms with E-state index in [1.165, 1.54) is 21.9 Å². The molecule has 1 aromatic rings. The molecule has 0 bridgehead atoms. The lowest BCUT2D eigenvalue weighted by Crippen LogP contribution is -2.59. The van der Waals surface area contributed by atoms with Crippen LogP contribution in [0.25, 0.3) is 0 Å². The second-order valence-corrected chi connectivity index (χ2v) is 18.0. The number of fused-ring (bicyclic) bond motifs is 3. The first-order valence-electron chi connectivity index (χ1n) is 18.9. The van der Waals surface area contributed by atoms with Crippen LogP contribution in [0.15, 0.2) is 43.0 Å². The molecule has 18 heteroatoms. The van der Waals surface area contributed by atoms with Gasteiger partial charge in [0.1, 0.15) is 35.6 Å². The lowest BCUT2D eigenvalue weighted by atomic mass is 10.1. The molecule has 56 heavy (non-hydrogen) atoms. The maximum Gasteiger partial charge on any atom is 0.410 e. The summed E-state index contributed by atoms with van der Waals surface area (Å²) < 4.78 is 53.5. The van der Waals surface area contributed by atoms with Crippen LogP contribution < -0.4 is 15.4 Å². The monoisotopic (exact) mass is 800 g/mol. The molecule has 3 unspecified atom stereocenters. The van der Waals surface area contributed by atoms with Crippen LogP contribution in [0.1, 0.15) is 70.4 Å². The number of halogens is 1. The molecule has 304 valence electrons. The summed E-state index contributed by atoms with van der Waals surface area (Å²) in [5.41, 5.74) is 0.0117. The number of ether oxygens (including phenoxy) is 2. The zero-order chi connectivity index (χ0) is 40.5. The van der Waals surface area contributed by atoms with Gasteiger partial charge < -0.3 is 29.9 Å². The van der Waals surface area contributed by atoms with Crippen molar-refractivity contribution < 1.29 is 51.0 Å². The summed E-state index contributed by atoms with van der Waals surface area (Å²) in [4.78, 5) is 85.9. The maximum atomic E-state index is 14.6. The van der Waals surface area contributed by atoms with Crippen LogP contribution in [0.4, 0.5) is 14.0 Å². The van der Waals surface area contributed by atoms with E-state index in [-0.39, 0.29) is 45.1 Å². The summed E-state index contributed by atoms with van der Waals surface area (Å²) in [6.07, 6.45) is 4.11. The molecule has 3 fully saturated rings. The van der Waals surface area contributed by atoms with E-state index in [2.05, 4.69) is 21.9 Å². The zero-order valence-corrected chi connectivity index (χ0v) is 32.5. The Bertz CT molecular complexity index is 1910. The number of carbonyl (C=O) groups excluding carboxylic acids is 6. The molecule has 16 nitrogen and oxygen atoms in total. The minimum Gasteiger partial charge on any atom is -0.444 e. The van der Waals surface area contributed by atoms with Crippen LogP contribution in [0, 0.1) is 17.7 Å². The van der Waals surface area contributed by atoms with Crippen LogP contribution in [-0.2, 0) is 51.8 Å². The molecule has 5 aliphatic rings. The van der Waals surface area contributed by atoms with Gasteiger partial charge in [0.15, 0.2) is 0 Å². The maximum absolute atomic E-state index is 14.6. The lowest BCUT2D eigenvalue weighted by molar-refractivity contribution is -0.142. The van der Waals surface area contributed by atoms with E-state index in [4.69, 9.17) is 9.47 Å². The second-order valence-electron chi connectivity index (χ2n) is 16.0. The second kappa shape index (κ2) is 16.2. The Morgan fingerprint density at radius 3 is 2.48 bits per heavy atom. The number of nitrogens with one attached hydrogen (secondary N) is 3. The first kappa shape index (κ1) is 40.7. The first-order chi connectivity index (χ1) is 26.4. The van der Waals surface area contributed by atoms with Gasteiger partial charge in [-0.15, -0.1) is 0 Å². The quantitative estimate of drug-likeness (QED) is 0.283. The lowest BCUT2D eigenvalue weighted by Gasteiger charge is -2.32. The van der Waals surface area contributed by atoms with Crippen molar-refractivity contribution >= 4 is 45.8 Å². The van der Waals surface area contributed by atoms with Crippen LogP contribution in [0.5, 0.6) is 0 Å². The summed E-state index contributed by atoms with van der Waals surface area (Å²) in [5, 5.41) is 4.57. The van der Waals surface area contributed by atoms with Crippen molar-refractivity contribution in [1.29, 1.82) is 0 Å². The van der Waals surface area contributed by atoms with E-state index in [1.54, 1.807) is 26.8 Å². The zero-order valence-electron chi connectivity index (χ0n) is 31.7. The van der Waals surface area contributed by atoms with Gasteiger partial charge in [0.2, 0.25) is 27.7 Å². The number of hydrogen-bond donors (Lipinski definition) is 3. The van der Waals surface area contributed by atoms with Gasteiger partial charge in [-0.3, -0.25) is 28.8 Å². The third-order valence-corrected chi connectivity index (χ3v) is 12.3. The van der Waals surface area contributed by atoms with Crippen molar-refractivity contribution in [2.45, 2.75) is 107 Å². The third kappa shape index (κ3) is 9.68. The van der Waals surface area contributed by atoms with E-state index in [9.17, 15) is 41.6 Å². The van der Waals surface area contributed by atoms with E-state index < -0.39 is 92.7 Å². The minimum atomic E-state index is -3.96. The fourth-order valence-corrected chi connectivity index (χ4v) is 8.70. The Morgan fingerprint density at radius 1 is 1.05 bits per heavy atom. The Morgan fingerprint density at radius 2 is 1.80 bits per heavy atom. The number of sulfonamides is 1. The molecular weight excluding hydrogens is 752 g/mol. The Balaban J connectivity index is 1.30. The van der Waals surface area contributed by atoms with Gasteiger partial charge in [-0.05, 0) is 82.4 Å². The standard InChI is InChI=1S/C38H49FN6O10S/c1-5-31(46)43-15-8-6-7-10-22-16-26(22)32(34(48)42-56(52,53)25-13-14-25)41-33(47)30-17-24(54-37(51)44-18-23-11-9-12-28(39)27(23)20-44)19-45(30)35(49)29(21-43)40-36(50)55-38(2,3)4/h5,7,9-12,22,24-26,29-30,32H,1,6,8,13-21H2,2-4H3,(H,40,50)(H,41,47)(H,42,48)/b10-7-/t22?,24-,26?,29+,30?,32+/m1/s1. The Hall–Kier alpha value is -5.00. The summed E-state index contributed by atoms with van der Waals surface area (Å²) in [6, 6.07) is 0.445. The minimum absolute atomic E-state index is 0.0489. The van der Waals surface area contributed by atoms with Crippen molar-refractivity contribution in [1.82, 2.24) is 30.1 Å². The highest BCUT2D eigenvalue weighted by Crippen LogP contribution is 2.43. The number of alkyl carbamates (subject to hydrolysis) is 1. The number of hydrogen-bond acceptors (Lipinski definition) is 10. The van der Waals surface area contributed by atoms with Crippen molar-refractivity contribution in [2.24, 2.45) is 11.8 Å². The van der Waals surface area contributed by atoms with Gasteiger partial charge in [-0.1, -0.05) is 30.9 Å². The summed E-state index contributed by atoms with van der Waals surface area (Å²) in [5.74, 6) is -4.08. The number of nitrogens with zero attached hydrogens (tertiary/aromatic N) is 3. The predicted molar refractivity (Wildman–Crippen MR) is 198 cm³/mol. The summed E-state index contributed by atoms with van der Waals surface area (Å²) in [7, 11) is -3.96. The number of allylic oxidation sites excluding steroid dienone is 2. The smallest absolute Gasteiger partial charge is 0.410 e. The van der Waals surface area contributed by atoms with Crippen molar-refractivity contribution in [3.63, 3.8) is 0 Å². The Labute approximate surface area is 325 Å². The van der Waals surface area contributed by atoms with E-state index >= 15 is 0 Å². The van der Waals surface area contributed by atoms with Crippen molar-refractivity contribution in [3.8, 4) is 0 Å². The average Bonchev–Trinajstić information content (AvgIpc) is 4.03. The molecule has 1 aromatic carbocycles. The molecule has 0 radical (unpaired) electrons. The van der Waals surface area contributed by atoms with E-state index in [1.807, 2.05) is 12.2 Å². The van der Waals surface area contributed by atoms with Gasteiger partial charge in [-0.25, -0.2) is 22.4 Å². The highest BCUT2D eigenvalue weighted by atomic mass is 32.2. The first-order valence-corrected chi connectivity index (χ1v) is 20.4. The normalized spacial score (nSPS) is 27.5. The van der Waals surface area contributed by atoms with E-state index in [0.717, 1.165) is 11.0 Å². The van der Waals surface area contributed by atoms with Crippen LogP contribution in [0.3, 0.4) is 0 Å². The SMILES string of the molecule is C=CC(=O)N1CCC/C=C\C2CC2[C@@H](C(=O)NS(=O)(=O)C2CC2)NC(=O)C2C[C@@H](OC(=O)N3Cc4cccc(F)c4C3)CN2C(=O)[C@@H](NC(=O)OC(C)(C)C)C1. The number of amides is 6. The highest BCUT2D eigenvalue weighted by molar-refractivity contribution is 7.90. The van der Waals surface area contributed by atoms with Gasteiger partial charge in [-0.2, -0.15) is 0 Å². The number of carbonyl (C=O) groups is 6. The largest absolute Gasteiger partial charge is 0.444 e. The van der Waals surface area contributed by atoms with Gasteiger partial charge in [0, 0.05) is 25.1 Å².